The minimum absolute atomic E-state index is 0.215. The van der Waals surface area contributed by atoms with Gasteiger partial charge in [-0.2, -0.15) is 0 Å². The molecule has 0 aromatic carbocycles. The molecule has 3 atom stereocenters. The van der Waals surface area contributed by atoms with Crippen LogP contribution in [0.1, 0.15) is 39.3 Å². The Bertz CT molecular complexity index is 822. The number of hydrogen-bond donors (Lipinski definition) is 0. The van der Waals surface area contributed by atoms with E-state index >= 15 is 0 Å². The number of piperazine rings is 1. The van der Waals surface area contributed by atoms with Gasteiger partial charge in [-0.25, -0.2) is 4.79 Å². The van der Waals surface area contributed by atoms with Gasteiger partial charge < -0.3 is 33.5 Å². The molecule has 9 heteroatoms. The molecule has 0 N–H and O–H groups in total. The van der Waals surface area contributed by atoms with Gasteiger partial charge in [-0.05, 0) is 51.8 Å². The first-order valence-electron chi connectivity index (χ1n) is 12.2. The van der Waals surface area contributed by atoms with Gasteiger partial charge in [0.15, 0.2) is 6.29 Å². The molecule has 3 aliphatic rings. The molecule has 0 spiro atoms. The van der Waals surface area contributed by atoms with Crippen LogP contribution in [0.15, 0.2) is 24.4 Å². The maximum absolute atomic E-state index is 12.6. The predicted octanol–water partition coefficient (Wildman–Crippen LogP) is 3.09. The first-order chi connectivity index (χ1) is 16.4. The third-order valence-corrected chi connectivity index (χ3v) is 6.02. The number of anilines is 1. The van der Waals surface area contributed by atoms with E-state index in [-0.39, 0.29) is 12.4 Å². The van der Waals surface area contributed by atoms with Gasteiger partial charge in [-0.3, -0.25) is 4.98 Å². The molecule has 2 bridgehead atoms. The van der Waals surface area contributed by atoms with Crippen LogP contribution in [-0.4, -0.2) is 92.7 Å². The summed E-state index contributed by atoms with van der Waals surface area (Å²) in [6.45, 7) is 10.2. The Balaban J connectivity index is 1.24. The standard InChI is InChI=1S/C25H37N3O6/c1-25(2,3)34-24(29)27-16-21-6-7-22(17-27)28(21)20-8-9-26-19(15-20)5-4-10-30-11-13-32-23-18-31-12-14-33-23/h4-5,8-9,15,21-23H,6-7,10-14,16-18H2,1-3H3/b5-4+. The van der Waals surface area contributed by atoms with E-state index in [0.717, 1.165) is 24.2 Å². The number of carbonyl (C=O) groups is 1. The van der Waals surface area contributed by atoms with Crippen LogP contribution in [0.5, 0.6) is 0 Å². The first kappa shape index (κ1) is 24.9. The summed E-state index contributed by atoms with van der Waals surface area (Å²) < 4.78 is 27.5. The highest BCUT2D eigenvalue weighted by Gasteiger charge is 2.42. The summed E-state index contributed by atoms with van der Waals surface area (Å²) in [5.41, 5.74) is 1.56. The third kappa shape index (κ3) is 6.91. The number of pyridine rings is 1. The molecule has 3 saturated heterocycles. The Hall–Kier alpha value is -2.20. The molecule has 1 aromatic heterocycles. The quantitative estimate of drug-likeness (QED) is 0.531. The number of fused-ring (bicyclic) bond motifs is 2. The van der Waals surface area contributed by atoms with Gasteiger partial charge in [0.05, 0.1) is 45.3 Å². The molecule has 0 aliphatic carbocycles. The molecule has 3 aliphatic heterocycles. The van der Waals surface area contributed by atoms with E-state index in [9.17, 15) is 4.79 Å². The summed E-state index contributed by atoms with van der Waals surface area (Å²) in [4.78, 5) is 21.3. The van der Waals surface area contributed by atoms with Crippen LogP contribution in [-0.2, 0) is 23.7 Å². The summed E-state index contributed by atoms with van der Waals surface area (Å²) in [6, 6.07) is 4.75. The zero-order valence-corrected chi connectivity index (χ0v) is 20.5. The molecule has 34 heavy (non-hydrogen) atoms. The number of nitrogens with zero attached hydrogens (tertiary/aromatic N) is 3. The predicted molar refractivity (Wildman–Crippen MR) is 128 cm³/mol. The molecule has 0 saturated carbocycles. The second-order valence-corrected chi connectivity index (χ2v) is 9.84. The summed E-state index contributed by atoms with van der Waals surface area (Å²) >= 11 is 0. The summed E-state index contributed by atoms with van der Waals surface area (Å²) in [5.74, 6) is 0. The monoisotopic (exact) mass is 475 g/mol. The minimum Gasteiger partial charge on any atom is -0.444 e. The lowest BCUT2D eigenvalue weighted by atomic mass is 10.1. The molecular weight excluding hydrogens is 438 g/mol. The Morgan fingerprint density at radius 3 is 2.71 bits per heavy atom. The normalized spacial score (nSPS) is 25.2. The Morgan fingerprint density at radius 1 is 1.21 bits per heavy atom. The number of amides is 1. The summed E-state index contributed by atoms with van der Waals surface area (Å²) in [7, 11) is 0. The van der Waals surface area contributed by atoms with Crippen molar-refractivity contribution in [3.63, 3.8) is 0 Å². The van der Waals surface area contributed by atoms with Crippen molar-refractivity contribution < 1.29 is 28.5 Å². The van der Waals surface area contributed by atoms with Crippen molar-refractivity contribution >= 4 is 17.9 Å². The van der Waals surface area contributed by atoms with Gasteiger partial charge in [0.25, 0.3) is 0 Å². The van der Waals surface area contributed by atoms with Crippen LogP contribution in [0.4, 0.5) is 10.5 Å². The van der Waals surface area contributed by atoms with Crippen molar-refractivity contribution in [2.24, 2.45) is 0 Å². The smallest absolute Gasteiger partial charge is 0.410 e. The van der Waals surface area contributed by atoms with Crippen molar-refractivity contribution in [1.82, 2.24) is 9.88 Å². The first-order valence-corrected chi connectivity index (χ1v) is 12.2. The SMILES string of the molecule is CC(C)(C)OC(=O)N1CC2CCC(C1)N2c1ccnc(/C=C/COCCOC2COCCO2)c1. The number of hydrogen-bond acceptors (Lipinski definition) is 8. The van der Waals surface area contributed by atoms with Crippen molar-refractivity contribution in [2.45, 2.75) is 57.6 Å². The number of carbonyl (C=O) groups excluding carboxylic acids is 1. The lowest BCUT2D eigenvalue weighted by Crippen LogP contribution is -2.56. The fourth-order valence-electron chi connectivity index (χ4n) is 4.61. The number of ether oxygens (including phenoxy) is 5. The molecule has 0 radical (unpaired) electrons. The molecule has 9 nitrogen and oxygen atoms in total. The van der Waals surface area contributed by atoms with Crippen molar-refractivity contribution in [1.29, 1.82) is 0 Å². The third-order valence-electron chi connectivity index (χ3n) is 6.02. The van der Waals surface area contributed by atoms with E-state index in [0.29, 0.717) is 64.8 Å². The van der Waals surface area contributed by atoms with E-state index in [1.165, 1.54) is 0 Å². The van der Waals surface area contributed by atoms with E-state index in [1.54, 1.807) is 0 Å². The van der Waals surface area contributed by atoms with Crippen LogP contribution in [0.3, 0.4) is 0 Å². The van der Waals surface area contributed by atoms with E-state index in [1.807, 2.05) is 44.0 Å². The fraction of sp³-hybridized carbons (Fsp3) is 0.680. The van der Waals surface area contributed by atoms with Crippen LogP contribution in [0.2, 0.25) is 0 Å². The molecule has 1 amide bonds. The summed E-state index contributed by atoms with van der Waals surface area (Å²) in [6.07, 6.45) is 7.42. The molecule has 188 valence electrons. The van der Waals surface area contributed by atoms with E-state index < -0.39 is 5.60 Å². The molecule has 3 unspecified atom stereocenters. The highest BCUT2D eigenvalue weighted by atomic mass is 16.7. The number of rotatable bonds is 8. The number of likely N-dealkylation sites (tertiary alicyclic amines) is 1. The zero-order chi connectivity index (χ0) is 24.0. The van der Waals surface area contributed by atoms with Crippen LogP contribution < -0.4 is 4.90 Å². The molecule has 3 fully saturated rings. The molecule has 1 aromatic rings. The lowest BCUT2D eigenvalue weighted by Gasteiger charge is -2.42. The van der Waals surface area contributed by atoms with Crippen molar-refractivity contribution in [2.75, 3.05) is 57.6 Å². The Morgan fingerprint density at radius 2 is 2.00 bits per heavy atom. The molecule has 4 rings (SSSR count). The highest BCUT2D eigenvalue weighted by Crippen LogP contribution is 2.35. The average Bonchev–Trinajstić information content (AvgIpc) is 3.07. The zero-order valence-electron chi connectivity index (χ0n) is 20.5. The van der Waals surface area contributed by atoms with Gasteiger partial charge in [0.2, 0.25) is 0 Å². The Kier molecular flexibility index (Phi) is 8.41. The van der Waals surface area contributed by atoms with Crippen LogP contribution >= 0.6 is 0 Å². The van der Waals surface area contributed by atoms with Gasteiger partial charge in [0, 0.05) is 37.1 Å². The van der Waals surface area contributed by atoms with E-state index in [2.05, 4.69) is 22.0 Å². The second kappa shape index (κ2) is 11.5. The summed E-state index contributed by atoms with van der Waals surface area (Å²) in [5, 5.41) is 0. The van der Waals surface area contributed by atoms with Gasteiger partial charge >= 0.3 is 6.09 Å². The topological polar surface area (TPSA) is 82.6 Å². The van der Waals surface area contributed by atoms with Gasteiger partial charge in [-0.1, -0.05) is 6.08 Å². The van der Waals surface area contributed by atoms with Crippen LogP contribution in [0, 0.1) is 0 Å². The van der Waals surface area contributed by atoms with E-state index in [4.69, 9.17) is 23.7 Å². The fourth-order valence-corrected chi connectivity index (χ4v) is 4.61. The van der Waals surface area contributed by atoms with Crippen LogP contribution in [0.25, 0.3) is 6.08 Å². The average molecular weight is 476 g/mol. The lowest BCUT2D eigenvalue weighted by molar-refractivity contribution is -0.214. The minimum atomic E-state index is -0.477. The second-order valence-electron chi connectivity index (χ2n) is 9.84. The largest absolute Gasteiger partial charge is 0.444 e. The highest BCUT2D eigenvalue weighted by molar-refractivity contribution is 5.69. The van der Waals surface area contributed by atoms with Crippen molar-refractivity contribution in [3.05, 3.63) is 30.1 Å². The maximum atomic E-state index is 12.6. The van der Waals surface area contributed by atoms with Gasteiger partial charge in [0.1, 0.15) is 5.60 Å². The number of aromatic nitrogens is 1. The Labute approximate surface area is 201 Å². The van der Waals surface area contributed by atoms with Crippen molar-refractivity contribution in [3.8, 4) is 0 Å². The maximum Gasteiger partial charge on any atom is 0.410 e. The molecular formula is C25H37N3O6. The van der Waals surface area contributed by atoms with Gasteiger partial charge in [-0.15, -0.1) is 0 Å². The molecule has 4 heterocycles.